The lowest BCUT2D eigenvalue weighted by molar-refractivity contribution is -0.0585. The lowest BCUT2D eigenvalue weighted by atomic mass is 10.1. The van der Waals surface area contributed by atoms with Crippen LogP contribution in [-0.4, -0.2) is 22.8 Å². The number of imide groups is 1. The van der Waals surface area contributed by atoms with Gasteiger partial charge in [0.05, 0.1) is 17.4 Å². The highest BCUT2D eigenvalue weighted by molar-refractivity contribution is 6.21. The molecule has 3 rings (SSSR count). The molecule has 6 nitrogen and oxygen atoms in total. The molecular weight excluding hydrogens is 274 g/mol. The molecule has 0 aliphatic carbocycles. The van der Waals surface area contributed by atoms with Gasteiger partial charge in [0.15, 0.2) is 0 Å². The Balaban J connectivity index is 1.86. The number of aryl methyl sites for hydroxylation is 1. The van der Waals surface area contributed by atoms with E-state index in [0.29, 0.717) is 17.2 Å². The summed E-state index contributed by atoms with van der Waals surface area (Å²) in [5.41, 5.74) is 0.644. The van der Waals surface area contributed by atoms with Crippen molar-refractivity contribution in [2.75, 3.05) is 0 Å². The molecule has 0 fully saturated rings. The number of rotatable bonds is 3. The van der Waals surface area contributed by atoms with Crippen LogP contribution in [0.4, 0.5) is 0 Å². The number of carbonyl (C=O) groups is 3. The van der Waals surface area contributed by atoms with E-state index in [9.17, 15) is 14.4 Å². The van der Waals surface area contributed by atoms with Gasteiger partial charge in [-0.15, -0.1) is 0 Å². The normalized spacial score (nSPS) is 13.5. The smallest absolute Gasteiger partial charge is 0.367 e. The largest absolute Gasteiger partial charge is 0.468 e. The van der Waals surface area contributed by atoms with Gasteiger partial charge in [-0.25, -0.2) is 4.79 Å². The Hall–Kier alpha value is -2.89. The number of furan rings is 1. The number of benzene rings is 1. The van der Waals surface area contributed by atoms with Gasteiger partial charge >= 0.3 is 5.97 Å². The summed E-state index contributed by atoms with van der Waals surface area (Å²) in [5, 5.41) is 0.486. The van der Waals surface area contributed by atoms with Crippen LogP contribution in [0.25, 0.3) is 0 Å². The van der Waals surface area contributed by atoms with Crippen molar-refractivity contribution < 1.29 is 23.6 Å². The van der Waals surface area contributed by atoms with Crippen LogP contribution in [0.3, 0.4) is 0 Å². The van der Waals surface area contributed by atoms with Crippen molar-refractivity contribution in [1.29, 1.82) is 0 Å². The fourth-order valence-electron chi connectivity index (χ4n) is 2.18. The predicted octanol–water partition coefficient (Wildman–Crippen LogP) is 2.21. The zero-order valence-corrected chi connectivity index (χ0v) is 11.2. The second-order valence-electron chi connectivity index (χ2n) is 4.44. The highest BCUT2D eigenvalue weighted by Gasteiger charge is 2.39. The quantitative estimate of drug-likeness (QED) is 0.808. The van der Waals surface area contributed by atoms with Crippen LogP contribution in [0.5, 0.6) is 0 Å². The maximum absolute atomic E-state index is 12.1. The molecule has 1 aliphatic heterocycles. The first-order chi connectivity index (χ1) is 10.1. The molecule has 106 valence electrons. The Morgan fingerprint density at radius 1 is 1.14 bits per heavy atom. The molecule has 2 heterocycles. The maximum atomic E-state index is 12.1. The van der Waals surface area contributed by atoms with E-state index in [0.717, 1.165) is 0 Å². The third kappa shape index (κ3) is 2.01. The fourth-order valence-corrected chi connectivity index (χ4v) is 2.18. The van der Waals surface area contributed by atoms with Gasteiger partial charge in [0, 0.05) is 6.42 Å². The predicted molar refractivity (Wildman–Crippen MR) is 70.4 cm³/mol. The molecule has 0 unspecified atom stereocenters. The van der Waals surface area contributed by atoms with Crippen molar-refractivity contribution in [1.82, 2.24) is 5.06 Å². The molecule has 0 radical (unpaired) electrons. The molecule has 6 heteroatoms. The molecule has 0 bridgehead atoms. The van der Waals surface area contributed by atoms with E-state index in [1.807, 2.05) is 6.92 Å². The molecular formula is C15H11NO5. The standard InChI is InChI=1S/C15H11NO5/c1-2-12-11(7-8-20-12)15(19)21-16-13(17)9-5-3-4-6-10(9)14(16)18/h3-8H,2H2,1H3. The SMILES string of the molecule is CCc1occc1C(=O)ON1C(=O)c2ccccc2C1=O. The molecule has 0 N–H and O–H groups in total. The molecule has 21 heavy (non-hydrogen) atoms. The van der Waals surface area contributed by atoms with Gasteiger partial charge < -0.3 is 9.25 Å². The molecule has 2 aromatic rings. The highest BCUT2D eigenvalue weighted by atomic mass is 16.7. The van der Waals surface area contributed by atoms with Gasteiger partial charge in [0.2, 0.25) is 0 Å². The number of fused-ring (bicyclic) bond motifs is 1. The van der Waals surface area contributed by atoms with Crippen LogP contribution in [0, 0.1) is 0 Å². The summed E-state index contributed by atoms with van der Waals surface area (Å²) in [4.78, 5) is 41.1. The molecule has 0 spiro atoms. The monoisotopic (exact) mass is 285 g/mol. The van der Waals surface area contributed by atoms with Gasteiger partial charge in [-0.2, -0.15) is 0 Å². The minimum atomic E-state index is -0.796. The Labute approximate surface area is 119 Å². The summed E-state index contributed by atoms with van der Waals surface area (Å²) in [5.74, 6) is -1.65. The molecule has 1 aromatic carbocycles. The Bertz CT molecular complexity index is 711. The van der Waals surface area contributed by atoms with Gasteiger partial charge in [0.1, 0.15) is 11.3 Å². The van der Waals surface area contributed by atoms with E-state index < -0.39 is 17.8 Å². The van der Waals surface area contributed by atoms with Crippen molar-refractivity contribution in [2.45, 2.75) is 13.3 Å². The summed E-state index contributed by atoms with van der Waals surface area (Å²) < 4.78 is 5.13. The number of hydrogen-bond donors (Lipinski definition) is 0. The van der Waals surface area contributed by atoms with Crippen LogP contribution in [-0.2, 0) is 11.3 Å². The van der Waals surface area contributed by atoms with Gasteiger partial charge in [-0.1, -0.05) is 24.1 Å². The van der Waals surface area contributed by atoms with Crippen LogP contribution in [0.2, 0.25) is 0 Å². The Kier molecular flexibility index (Phi) is 3.06. The molecule has 0 saturated heterocycles. The van der Waals surface area contributed by atoms with E-state index in [4.69, 9.17) is 9.25 Å². The zero-order valence-electron chi connectivity index (χ0n) is 11.2. The molecule has 1 aromatic heterocycles. The topological polar surface area (TPSA) is 76.8 Å². The highest BCUT2D eigenvalue weighted by Crippen LogP contribution is 2.24. The molecule has 0 saturated carbocycles. The molecule has 2 amide bonds. The maximum Gasteiger partial charge on any atom is 0.367 e. The second kappa shape index (κ2) is 4.90. The number of nitrogens with zero attached hydrogens (tertiary/aromatic N) is 1. The van der Waals surface area contributed by atoms with E-state index in [1.54, 1.807) is 12.1 Å². The van der Waals surface area contributed by atoms with E-state index in [1.165, 1.54) is 24.5 Å². The van der Waals surface area contributed by atoms with Crippen LogP contribution < -0.4 is 0 Å². The van der Waals surface area contributed by atoms with Crippen LogP contribution in [0.1, 0.15) is 43.8 Å². The van der Waals surface area contributed by atoms with E-state index >= 15 is 0 Å². The lowest BCUT2D eigenvalue weighted by Crippen LogP contribution is -2.32. The summed E-state index contributed by atoms with van der Waals surface area (Å²) in [6, 6.07) is 7.75. The Morgan fingerprint density at radius 2 is 1.76 bits per heavy atom. The Morgan fingerprint density at radius 3 is 2.33 bits per heavy atom. The second-order valence-corrected chi connectivity index (χ2v) is 4.44. The van der Waals surface area contributed by atoms with Gasteiger partial charge in [-0.3, -0.25) is 9.59 Å². The molecule has 0 atom stereocenters. The number of hydroxylamine groups is 2. The fraction of sp³-hybridized carbons (Fsp3) is 0.133. The summed E-state index contributed by atoms with van der Waals surface area (Å²) >= 11 is 0. The number of carbonyl (C=O) groups excluding carboxylic acids is 3. The van der Waals surface area contributed by atoms with Crippen molar-refractivity contribution in [3.8, 4) is 0 Å². The first-order valence-corrected chi connectivity index (χ1v) is 6.40. The molecule has 1 aliphatic rings. The van der Waals surface area contributed by atoms with Gasteiger partial charge in [0.25, 0.3) is 11.8 Å². The lowest BCUT2D eigenvalue weighted by Gasteiger charge is -2.12. The van der Waals surface area contributed by atoms with Crippen molar-refractivity contribution in [3.05, 3.63) is 59.0 Å². The first kappa shape index (κ1) is 13.1. The van der Waals surface area contributed by atoms with Crippen LogP contribution in [0.15, 0.2) is 41.0 Å². The summed E-state index contributed by atoms with van der Waals surface area (Å²) in [6.07, 6.45) is 1.86. The minimum Gasteiger partial charge on any atom is -0.468 e. The number of hydrogen-bond acceptors (Lipinski definition) is 5. The third-order valence-electron chi connectivity index (χ3n) is 3.22. The van der Waals surface area contributed by atoms with Crippen molar-refractivity contribution in [2.24, 2.45) is 0 Å². The summed E-state index contributed by atoms with van der Waals surface area (Å²) in [7, 11) is 0. The minimum absolute atomic E-state index is 0.203. The van der Waals surface area contributed by atoms with E-state index in [2.05, 4.69) is 0 Å². The summed E-state index contributed by atoms with van der Waals surface area (Å²) in [6.45, 7) is 1.82. The average Bonchev–Trinajstić information content (AvgIpc) is 3.07. The van der Waals surface area contributed by atoms with Crippen molar-refractivity contribution in [3.63, 3.8) is 0 Å². The van der Waals surface area contributed by atoms with Crippen LogP contribution >= 0.6 is 0 Å². The van der Waals surface area contributed by atoms with E-state index in [-0.39, 0.29) is 16.7 Å². The zero-order chi connectivity index (χ0) is 15.0. The third-order valence-corrected chi connectivity index (χ3v) is 3.22. The number of amides is 2. The first-order valence-electron chi connectivity index (χ1n) is 6.40. The van der Waals surface area contributed by atoms with Crippen molar-refractivity contribution >= 4 is 17.8 Å². The van der Waals surface area contributed by atoms with Gasteiger partial charge in [-0.05, 0) is 18.2 Å². The average molecular weight is 285 g/mol.